The molecule has 0 radical (unpaired) electrons. The highest BCUT2D eigenvalue weighted by atomic mass is 16.1. The number of carbonyl (C=O) groups excluding carboxylic acids is 1. The Morgan fingerprint density at radius 2 is 1.85 bits per heavy atom. The molecule has 20 heavy (non-hydrogen) atoms. The van der Waals surface area contributed by atoms with Gasteiger partial charge in [-0.15, -0.1) is 0 Å². The van der Waals surface area contributed by atoms with Gasteiger partial charge in [0.25, 0.3) is 0 Å². The van der Waals surface area contributed by atoms with Crippen molar-refractivity contribution in [2.45, 2.75) is 57.4 Å². The molecule has 1 amide bonds. The van der Waals surface area contributed by atoms with Crippen LogP contribution in [0.15, 0.2) is 24.3 Å². The Hall–Kier alpha value is -1.51. The third-order valence-corrected chi connectivity index (χ3v) is 5.23. The van der Waals surface area contributed by atoms with E-state index in [1.165, 1.54) is 51.4 Å². The second kappa shape index (κ2) is 5.47. The third-order valence-electron chi connectivity index (χ3n) is 5.23. The van der Waals surface area contributed by atoms with E-state index in [4.69, 9.17) is 5.73 Å². The summed E-state index contributed by atoms with van der Waals surface area (Å²) in [6.45, 7) is 0. The van der Waals surface area contributed by atoms with Crippen LogP contribution in [0.25, 0.3) is 0 Å². The molecule has 3 N–H and O–H groups in total. The minimum atomic E-state index is -0.359. The first kappa shape index (κ1) is 13.5. The van der Waals surface area contributed by atoms with E-state index in [1.807, 2.05) is 18.2 Å². The summed E-state index contributed by atoms with van der Waals surface area (Å²) < 4.78 is 0. The lowest BCUT2D eigenvalue weighted by Crippen LogP contribution is -2.31. The number of benzene rings is 1. The van der Waals surface area contributed by atoms with Crippen molar-refractivity contribution in [2.75, 3.05) is 5.32 Å². The summed E-state index contributed by atoms with van der Waals surface area (Å²) in [4.78, 5) is 11.2. The van der Waals surface area contributed by atoms with Crippen molar-refractivity contribution < 1.29 is 4.79 Å². The summed E-state index contributed by atoms with van der Waals surface area (Å²) in [6, 6.07) is 8.09. The first-order valence-corrected chi connectivity index (χ1v) is 7.83. The summed E-state index contributed by atoms with van der Waals surface area (Å²) in [7, 11) is 0. The molecule has 2 fully saturated rings. The first-order chi connectivity index (χ1) is 9.67. The fourth-order valence-corrected chi connectivity index (χ4v) is 4.00. The minimum absolute atomic E-state index is 0.359. The van der Waals surface area contributed by atoms with Crippen LogP contribution in [-0.4, -0.2) is 11.9 Å². The van der Waals surface area contributed by atoms with E-state index in [0.717, 1.165) is 5.69 Å². The van der Waals surface area contributed by atoms with Crippen LogP contribution in [-0.2, 0) is 0 Å². The van der Waals surface area contributed by atoms with Gasteiger partial charge in [0.15, 0.2) is 0 Å². The molecule has 2 saturated carbocycles. The summed E-state index contributed by atoms with van der Waals surface area (Å²) in [5.74, 6) is -0.359. The van der Waals surface area contributed by atoms with Crippen molar-refractivity contribution in [1.29, 1.82) is 0 Å². The number of carbonyl (C=O) groups is 1. The van der Waals surface area contributed by atoms with E-state index in [-0.39, 0.29) is 5.91 Å². The highest BCUT2D eigenvalue weighted by Crippen LogP contribution is 2.49. The molecule has 3 rings (SSSR count). The first-order valence-electron chi connectivity index (χ1n) is 7.83. The molecule has 0 unspecified atom stereocenters. The van der Waals surface area contributed by atoms with Crippen LogP contribution < -0.4 is 11.1 Å². The molecule has 0 saturated heterocycles. The lowest BCUT2D eigenvalue weighted by molar-refractivity contribution is 0.100. The van der Waals surface area contributed by atoms with Gasteiger partial charge in [-0.2, -0.15) is 0 Å². The molecule has 108 valence electrons. The van der Waals surface area contributed by atoms with Crippen LogP contribution >= 0.6 is 0 Å². The van der Waals surface area contributed by atoms with E-state index in [0.29, 0.717) is 17.0 Å². The second-order valence-electron chi connectivity index (χ2n) is 6.57. The zero-order chi connectivity index (χ0) is 14.0. The molecule has 0 atom stereocenters. The number of rotatable bonds is 3. The Kier molecular flexibility index (Phi) is 3.68. The van der Waals surface area contributed by atoms with Crippen LogP contribution in [0.2, 0.25) is 0 Å². The number of anilines is 1. The highest BCUT2D eigenvalue weighted by molar-refractivity contribution is 5.93. The van der Waals surface area contributed by atoms with Crippen LogP contribution in [0, 0.1) is 5.41 Å². The monoisotopic (exact) mass is 272 g/mol. The Balaban J connectivity index is 1.59. The van der Waals surface area contributed by atoms with E-state index in [9.17, 15) is 4.79 Å². The number of primary amides is 1. The van der Waals surface area contributed by atoms with Crippen LogP contribution in [0.1, 0.15) is 61.7 Å². The van der Waals surface area contributed by atoms with E-state index >= 15 is 0 Å². The van der Waals surface area contributed by atoms with Gasteiger partial charge in [-0.1, -0.05) is 18.9 Å². The molecule has 0 heterocycles. The average molecular weight is 272 g/mol. The van der Waals surface area contributed by atoms with Gasteiger partial charge in [0, 0.05) is 17.3 Å². The van der Waals surface area contributed by atoms with Gasteiger partial charge in [0.1, 0.15) is 0 Å². The molecule has 1 spiro atoms. The van der Waals surface area contributed by atoms with Crippen molar-refractivity contribution >= 4 is 11.6 Å². The SMILES string of the molecule is NC(=O)c1cccc(NC2CCC3(CCCC3)CC2)c1. The predicted octanol–water partition coefficient (Wildman–Crippen LogP) is 3.70. The lowest BCUT2D eigenvalue weighted by atomic mass is 9.71. The largest absolute Gasteiger partial charge is 0.382 e. The molecule has 0 aliphatic heterocycles. The summed E-state index contributed by atoms with van der Waals surface area (Å²) in [5.41, 5.74) is 7.60. The van der Waals surface area contributed by atoms with Crippen molar-refractivity contribution in [3.63, 3.8) is 0 Å². The maximum absolute atomic E-state index is 11.2. The van der Waals surface area contributed by atoms with Gasteiger partial charge < -0.3 is 11.1 Å². The molecule has 3 nitrogen and oxygen atoms in total. The van der Waals surface area contributed by atoms with Crippen molar-refractivity contribution in [3.8, 4) is 0 Å². The van der Waals surface area contributed by atoms with Gasteiger partial charge in [0.2, 0.25) is 5.91 Å². The molecule has 0 bridgehead atoms. The Morgan fingerprint density at radius 1 is 1.15 bits per heavy atom. The summed E-state index contributed by atoms with van der Waals surface area (Å²) >= 11 is 0. The maximum atomic E-state index is 11.2. The molecule has 1 aromatic carbocycles. The quantitative estimate of drug-likeness (QED) is 0.881. The smallest absolute Gasteiger partial charge is 0.248 e. The standard InChI is InChI=1S/C17H24N2O/c18-16(20)13-4-3-5-15(12-13)19-14-6-10-17(11-7-14)8-1-2-9-17/h3-5,12,14,19H,1-2,6-11H2,(H2,18,20). The number of amides is 1. The lowest BCUT2D eigenvalue weighted by Gasteiger charge is -2.37. The third kappa shape index (κ3) is 2.82. The number of hydrogen-bond acceptors (Lipinski definition) is 2. The fourth-order valence-electron chi connectivity index (χ4n) is 4.00. The summed E-state index contributed by atoms with van der Waals surface area (Å²) in [5, 5.41) is 3.57. The minimum Gasteiger partial charge on any atom is -0.382 e. The van der Waals surface area contributed by atoms with E-state index in [1.54, 1.807) is 6.07 Å². The van der Waals surface area contributed by atoms with Crippen LogP contribution in [0.3, 0.4) is 0 Å². The number of hydrogen-bond donors (Lipinski definition) is 2. The molecular weight excluding hydrogens is 248 g/mol. The average Bonchev–Trinajstić information content (AvgIpc) is 2.90. The van der Waals surface area contributed by atoms with Crippen molar-refractivity contribution in [2.24, 2.45) is 11.1 Å². The Bertz CT molecular complexity index is 482. The molecule has 2 aliphatic carbocycles. The van der Waals surface area contributed by atoms with E-state index < -0.39 is 0 Å². The zero-order valence-electron chi connectivity index (χ0n) is 12.0. The van der Waals surface area contributed by atoms with E-state index in [2.05, 4.69) is 5.32 Å². The van der Waals surface area contributed by atoms with Gasteiger partial charge in [-0.3, -0.25) is 4.79 Å². The van der Waals surface area contributed by atoms with Crippen molar-refractivity contribution in [1.82, 2.24) is 0 Å². The van der Waals surface area contributed by atoms with Crippen LogP contribution in [0.4, 0.5) is 5.69 Å². The molecular formula is C17H24N2O. The molecule has 0 aromatic heterocycles. The van der Waals surface area contributed by atoms with Crippen molar-refractivity contribution in [3.05, 3.63) is 29.8 Å². The van der Waals surface area contributed by atoms with Gasteiger partial charge in [-0.25, -0.2) is 0 Å². The second-order valence-corrected chi connectivity index (χ2v) is 6.57. The van der Waals surface area contributed by atoms with Gasteiger partial charge in [-0.05, 0) is 62.1 Å². The van der Waals surface area contributed by atoms with Crippen LogP contribution in [0.5, 0.6) is 0 Å². The fraction of sp³-hybridized carbons (Fsp3) is 0.588. The maximum Gasteiger partial charge on any atom is 0.248 e. The topological polar surface area (TPSA) is 55.1 Å². The van der Waals surface area contributed by atoms with Gasteiger partial charge >= 0.3 is 0 Å². The number of nitrogens with one attached hydrogen (secondary N) is 1. The Morgan fingerprint density at radius 3 is 2.50 bits per heavy atom. The Labute approximate surface area is 120 Å². The molecule has 3 heteroatoms. The summed E-state index contributed by atoms with van der Waals surface area (Å²) in [6.07, 6.45) is 11.0. The normalized spacial score (nSPS) is 22.0. The van der Waals surface area contributed by atoms with Gasteiger partial charge in [0.05, 0.1) is 0 Å². The molecule has 2 aliphatic rings. The zero-order valence-corrected chi connectivity index (χ0v) is 12.0. The predicted molar refractivity (Wildman–Crippen MR) is 81.7 cm³/mol. The molecule has 1 aromatic rings. The highest BCUT2D eigenvalue weighted by Gasteiger charge is 2.37. The number of nitrogens with two attached hydrogens (primary N) is 1.